The summed E-state index contributed by atoms with van der Waals surface area (Å²) in [5, 5.41) is 0. The normalized spacial score (nSPS) is 28.8. The summed E-state index contributed by atoms with van der Waals surface area (Å²) in [7, 11) is -6.45. The molecule has 20 heavy (non-hydrogen) atoms. The van der Waals surface area contributed by atoms with E-state index < -0.39 is 20.0 Å². The molecule has 9 heteroatoms. The van der Waals surface area contributed by atoms with Crippen LogP contribution in [0.5, 0.6) is 0 Å². The second-order valence-electron chi connectivity index (χ2n) is 5.70. The van der Waals surface area contributed by atoms with Crippen molar-refractivity contribution in [3.63, 3.8) is 0 Å². The second kappa shape index (κ2) is 6.27. The Labute approximate surface area is 121 Å². The molecule has 0 spiro atoms. The van der Waals surface area contributed by atoms with Crippen molar-refractivity contribution in [1.29, 1.82) is 0 Å². The van der Waals surface area contributed by atoms with Crippen LogP contribution in [0, 0.1) is 11.8 Å². The van der Waals surface area contributed by atoms with Gasteiger partial charge in [-0.3, -0.25) is 0 Å². The van der Waals surface area contributed by atoms with Gasteiger partial charge in [0.15, 0.2) is 9.84 Å². The number of rotatable bonds is 5. The molecule has 0 aromatic carbocycles. The van der Waals surface area contributed by atoms with Crippen molar-refractivity contribution in [2.75, 3.05) is 37.7 Å². The lowest BCUT2D eigenvalue weighted by Gasteiger charge is -2.30. The third kappa shape index (κ3) is 4.14. The first-order valence-corrected chi connectivity index (χ1v) is 10.2. The Morgan fingerprint density at radius 2 is 1.80 bits per heavy atom. The largest absolute Gasteiger partial charge is 0.330 e. The number of nitrogens with one attached hydrogen (secondary N) is 1. The van der Waals surface area contributed by atoms with Gasteiger partial charge in [0.25, 0.3) is 10.2 Å². The Morgan fingerprint density at radius 1 is 1.15 bits per heavy atom. The highest BCUT2D eigenvalue weighted by Gasteiger charge is 2.31. The average molecular weight is 325 g/mol. The molecule has 2 fully saturated rings. The molecular formula is C11H23N3O4S2. The van der Waals surface area contributed by atoms with Crippen molar-refractivity contribution in [3.05, 3.63) is 0 Å². The molecule has 0 aromatic heterocycles. The highest BCUT2D eigenvalue weighted by molar-refractivity contribution is 7.91. The Balaban J connectivity index is 1.83. The van der Waals surface area contributed by atoms with Gasteiger partial charge in [0.2, 0.25) is 0 Å². The molecule has 3 N–H and O–H groups in total. The lowest BCUT2D eigenvalue weighted by Crippen LogP contribution is -2.46. The van der Waals surface area contributed by atoms with Gasteiger partial charge in [0, 0.05) is 19.6 Å². The van der Waals surface area contributed by atoms with Crippen molar-refractivity contribution in [3.8, 4) is 0 Å². The van der Waals surface area contributed by atoms with Crippen LogP contribution in [0.15, 0.2) is 0 Å². The number of sulfone groups is 1. The first kappa shape index (κ1) is 16.2. The molecule has 0 aromatic rings. The van der Waals surface area contributed by atoms with E-state index in [0.717, 1.165) is 12.8 Å². The first-order valence-electron chi connectivity index (χ1n) is 6.97. The monoisotopic (exact) mass is 325 g/mol. The summed E-state index contributed by atoms with van der Waals surface area (Å²) in [4.78, 5) is 0. The highest BCUT2D eigenvalue weighted by atomic mass is 32.2. The summed E-state index contributed by atoms with van der Waals surface area (Å²) in [5.41, 5.74) is 5.58. The number of nitrogens with zero attached hydrogens (tertiary/aromatic N) is 1. The van der Waals surface area contributed by atoms with Crippen molar-refractivity contribution >= 4 is 20.0 Å². The molecule has 7 nitrogen and oxygen atoms in total. The molecule has 0 amide bonds. The van der Waals surface area contributed by atoms with E-state index in [1.807, 2.05) is 0 Å². The number of hydrogen-bond acceptors (Lipinski definition) is 5. The van der Waals surface area contributed by atoms with Crippen LogP contribution in [-0.2, 0) is 20.0 Å². The Hall–Kier alpha value is -0.220. The Morgan fingerprint density at radius 3 is 2.30 bits per heavy atom. The van der Waals surface area contributed by atoms with Gasteiger partial charge < -0.3 is 5.73 Å². The molecule has 2 saturated heterocycles. The lowest BCUT2D eigenvalue weighted by atomic mass is 9.99. The van der Waals surface area contributed by atoms with Gasteiger partial charge >= 0.3 is 0 Å². The van der Waals surface area contributed by atoms with Gasteiger partial charge in [-0.15, -0.1) is 0 Å². The van der Waals surface area contributed by atoms with E-state index in [1.54, 1.807) is 0 Å². The Kier molecular flexibility index (Phi) is 5.06. The minimum absolute atomic E-state index is 0.0881. The molecular weight excluding hydrogens is 302 g/mol. The van der Waals surface area contributed by atoms with Gasteiger partial charge in [-0.05, 0) is 37.6 Å². The van der Waals surface area contributed by atoms with Crippen LogP contribution < -0.4 is 10.5 Å². The van der Waals surface area contributed by atoms with Gasteiger partial charge in [-0.1, -0.05) is 0 Å². The van der Waals surface area contributed by atoms with E-state index in [-0.39, 0.29) is 24.0 Å². The van der Waals surface area contributed by atoms with Crippen LogP contribution in [0.2, 0.25) is 0 Å². The summed E-state index contributed by atoms with van der Waals surface area (Å²) < 4.78 is 50.9. The number of nitrogens with two attached hydrogens (primary N) is 1. The van der Waals surface area contributed by atoms with Gasteiger partial charge in [0.1, 0.15) is 0 Å². The van der Waals surface area contributed by atoms with E-state index in [4.69, 9.17) is 5.73 Å². The van der Waals surface area contributed by atoms with Crippen molar-refractivity contribution in [2.24, 2.45) is 17.6 Å². The van der Waals surface area contributed by atoms with Crippen molar-refractivity contribution in [2.45, 2.75) is 19.3 Å². The molecule has 2 aliphatic heterocycles. The van der Waals surface area contributed by atoms with Crippen LogP contribution in [0.3, 0.4) is 0 Å². The second-order valence-corrected chi connectivity index (χ2v) is 9.68. The molecule has 0 radical (unpaired) electrons. The topological polar surface area (TPSA) is 110 Å². The standard InChI is InChI=1S/C11H23N3O4S2/c12-7-10-1-4-14(5-2-10)20(17,18)13-8-11-3-6-19(15,16)9-11/h10-11,13H,1-9,12H2. The predicted molar refractivity (Wildman–Crippen MR) is 77.0 cm³/mol. The summed E-state index contributed by atoms with van der Waals surface area (Å²) in [5.74, 6) is 0.560. The zero-order valence-electron chi connectivity index (χ0n) is 11.5. The maximum atomic E-state index is 12.1. The fourth-order valence-electron chi connectivity index (χ4n) is 2.73. The van der Waals surface area contributed by atoms with Crippen molar-refractivity contribution < 1.29 is 16.8 Å². The summed E-state index contributed by atoms with van der Waals surface area (Å²) >= 11 is 0. The number of hydrogen-bond donors (Lipinski definition) is 2. The van der Waals surface area contributed by atoms with E-state index in [0.29, 0.717) is 32.0 Å². The SMILES string of the molecule is NCC1CCN(S(=O)(=O)NCC2CCS(=O)(=O)C2)CC1. The zero-order chi connectivity index (χ0) is 14.8. The summed E-state index contributed by atoms with van der Waals surface area (Å²) in [6, 6.07) is 0. The molecule has 1 atom stereocenters. The van der Waals surface area contributed by atoms with E-state index in [2.05, 4.69) is 4.72 Å². The minimum Gasteiger partial charge on any atom is -0.330 e. The van der Waals surface area contributed by atoms with Gasteiger partial charge in [-0.2, -0.15) is 12.7 Å². The van der Waals surface area contributed by atoms with Crippen LogP contribution in [-0.4, -0.2) is 58.8 Å². The average Bonchev–Trinajstić information content (AvgIpc) is 2.76. The molecule has 2 aliphatic rings. The molecule has 0 saturated carbocycles. The number of piperidine rings is 1. The minimum atomic E-state index is -3.49. The van der Waals surface area contributed by atoms with Crippen LogP contribution in [0.25, 0.3) is 0 Å². The third-order valence-electron chi connectivity index (χ3n) is 4.13. The molecule has 0 bridgehead atoms. The van der Waals surface area contributed by atoms with Crippen LogP contribution in [0.4, 0.5) is 0 Å². The third-order valence-corrected chi connectivity index (χ3v) is 7.54. The molecule has 0 aliphatic carbocycles. The molecule has 1 unspecified atom stereocenters. The van der Waals surface area contributed by atoms with Crippen LogP contribution in [0.1, 0.15) is 19.3 Å². The van der Waals surface area contributed by atoms with Crippen molar-refractivity contribution in [1.82, 2.24) is 9.03 Å². The first-order chi connectivity index (χ1) is 9.32. The predicted octanol–water partition coefficient (Wildman–Crippen LogP) is -1.07. The smallest absolute Gasteiger partial charge is 0.279 e. The van der Waals surface area contributed by atoms with E-state index >= 15 is 0 Å². The van der Waals surface area contributed by atoms with E-state index in [1.165, 1.54) is 4.31 Å². The van der Waals surface area contributed by atoms with Gasteiger partial charge in [0.05, 0.1) is 11.5 Å². The fourth-order valence-corrected chi connectivity index (χ4v) is 5.92. The quantitative estimate of drug-likeness (QED) is 0.668. The highest BCUT2D eigenvalue weighted by Crippen LogP contribution is 2.20. The maximum Gasteiger partial charge on any atom is 0.279 e. The molecule has 2 heterocycles. The molecule has 2 rings (SSSR count). The lowest BCUT2D eigenvalue weighted by molar-refractivity contribution is 0.275. The summed E-state index contributed by atoms with van der Waals surface area (Å²) in [6.07, 6.45) is 2.12. The Bertz CT molecular complexity index is 524. The zero-order valence-corrected chi connectivity index (χ0v) is 13.1. The fraction of sp³-hybridized carbons (Fsp3) is 1.00. The summed E-state index contributed by atoms with van der Waals surface area (Å²) in [6.45, 7) is 1.78. The maximum absolute atomic E-state index is 12.1. The van der Waals surface area contributed by atoms with Gasteiger partial charge in [-0.25, -0.2) is 13.1 Å². The molecule has 118 valence electrons. The van der Waals surface area contributed by atoms with Crippen LogP contribution >= 0.6 is 0 Å². The van der Waals surface area contributed by atoms with E-state index in [9.17, 15) is 16.8 Å².